The lowest BCUT2D eigenvalue weighted by Crippen LogP contribution is -2.27. The number of carbonyl (C=O) groups is 2. The fourth-order valence-corrected chi connectivity index (χ4v) is 3.65. The molecule has 1 amide bonds. The van der Waals surface area contributed by atoms with Gasteiger partial charge in [0.15, 0.2) is 6.61 Å². The largest absolute Gasteiger partial charge is 0.456 e. The molecule has 0 aliphatic heterocycles. The number of nitrogens with zero attached hydrogens (tertiary/aromatic N) is 1. The lowest BCUT2D eigenvalue weighted by molar-refractivity contribution is -0.147. The van der Waals surface area contributed by atoms with Gasteiger partial charge in [0.1, 0.15) is 11.1 Å². The van der Waals surface area contributed by atoms with Crippen molar-refractivity contribution in [1.29, 1.82) is 5.26 Å². The number of benzene rings is 1. The summed E-state index contributed by atoms with van der Waals surface area (Å²) < 4.78 is 31.0. The molecule has 2 rings (SSSR count). The Morgan fingerprint density at radius 2 is 1.92 bits per heavy atom. The summed E-state index contributed by atoms with van der Waals surface area (Å²) >= 11 is 1.18. The molecule has 1 aromatic carbocycles. The summed E-state index contributed by atoms with van der Waals surface area (Å²) in [5.41, 5.74) is 0.324. The van der Waals surface area contributed by atoms with Crippen LogP contribution < -0.4 is 10.0 Å². The van der Waals surface area contributed by atoms with Crippen molar-refractivity contribution in [3.8, 4) is 6.07 Å². The van der Waals surface area contributed by atoms with Crippen LogP contribution in [0.2, 0.25) is 0 Å². The zero-order chi connectivity index (χ0) is 19.0. The summed E-state index contributed by atoms with van der Waals surface area (Å²) in [7, 11) is -3.70. The van der Waals surface area contributed by atoms with Gasteiger partial charge in [0.25, 0.3) is 5.91 Å². The molecule has 26 heavy (non-hydrogen) atoms. The summed E-state index contributed by atoms with van der Waals surface area (Å²) in [5, 5.41) is 13.3. The highest BCUT2D eigenvalue weighted by molar-refractivity contribution is 7.89. The summed E-state index contributed by atoms with van der Waals surface area (Å²) in [4.78, 5) is 23.4. The smallest absolute Gasteiger partial charge is 0.307 e. The van der Waals surface area contributed by atoms with Gasteiger partial charge in [-0.1, -0.05) is 18.2 Å². The van der Waals surface area contributed by atoms with Crippen molar-refractivity contribution in [2.75, 3.05) is 18.5 Å². The minimum absolute atomic E-state index is 0.0944. The van der Waals surface area contributed by atoms with Crippen molar-refractivity contribution in [3.05, 3.63) is 47.3 Å². The standard InChI is InChI=1S/C16H15N3O5S2/c17-10-12-7-9-25-16(12)19-14(20)11-24-15(21)6-8-18-26(22,23)13-4-2-1-3-5-13/h1-5,7,9,18H,6,8,11H2,(H,19,20). The fraction of sp³-hybridized carbons (Fsp3) is 0.188. The number of amides is 1. The molecular weight excluding hydrogens is 378 g/mol. The van der Waals surface area contributed by atoms with Crippen LogP contribution in [0.5, 0.6) is 0 Å². The van der Waals surface area contributed by atoms with E-state index in [0.29, 0.717) is 10.6 Å². The van der Waals surface area contributed by atoms with E-state index in [1.54, 1.807) is 29.6 Å². The second-order valence-corrected chi connectivity index (χ2v) is 7.63. The highest BCUT2D eigenvalue weighted by atomic mass is 32.2. The Balaban J connectivity index is 1.72. The molecule has 1 aromatic heterocycles. The maximum atomic E-state index is 12.0. The first-order chi connectivity index (χ1) is 12.4. The SMILES string of the molecule is N#Cc1ccsc1NC(=O)COC(=O)CCNS(=O)(=O)c1ccccc1. The van der Waals surface area contributed by atoms with Gasteiger partial charge in [0, 0.05) is 6.54 Å². The highest BCUT2D eigenvalue weighted by Gasteiger charge is 2.15. The third kappa shape index (κ3) is 5.66. The minimum atomic E-state index is -3.70. The highest BCUT2D eigenvalue weighted by Crippen LogP contribution is 2.21. The molecule has 0 aliphatic rings. The topological polar surface area (TPSA) is 125 Å². The van der Waals surface area contributed by atoms with Gasteiger partial charge in [-0.3, -0.25) is 9.59 Å². The van der Waals surface area contributed by atoms with E-state index in [1.165, 1.54) is 23.5 Å². The number of hydrogen-bond acceptors (Lipinski definition) is 7. The molecule has 0 saturated carbocycles. The molecule has 0 spiro atoms. The first kappa shape index (κ1) is 19.6. The van der Waals surface area contributed by atoms with E-state index in [1.807, 2.05) is 6.07 Å². The van der Waals surface area contributed by atoms with E-state index in [2.05, 4.69) is 10.0 Å². The molecule has 2 N–H and O–H groups in total. The average Bonchev–Trinajstić information content (AvgIpc) is 3.07. The molecule has 8 nitrogen and oxygen atoms in total. The van der Waals surface area contributed by atoms with Crippen molar-refractivity contribution >= 4 is 38.2 Å². The normalized spacial score (nSPS) is 10.7. The third-order valence-corrected chi connectivity index (χ3v) is 5.38. The van der Waals surface area contributed by atoms with E-state index in [9.17, 15) is 18.0 Å². The lowest BCUT2D eigenvalue weighted by Gasteiger charge is -2.07. The van der Waals surface area contributed by atoms with Crippen LogP contribution in [-0.4, -0.2) is 33.4 Å². The monoisotopic (exact) mass is 393 g/mol. The van der Waals surface area contributed by atoms with Crippen LogP contribution >= 0.6 is 11.3 Å². The second kappa shape index (κ2) is 9.10. The van der Waals surface area contributed by atoms with Crippen LogP contribution in [0.25, 0.3) is 0 Å². The quantitative estimate of drug-likeness (QED) is 0.654. The minimum Gasteiger partial charge on any atom is -0.456 e. The first-order valence-corrected chi connectivity index (χ1v) is 9.76. The van der Waals surface area contributed by atoms with Gasteiger partial charge in [-0.25, -0.2) is 13.1 Å². The van der Waals surface area contributed by atoms with E-state index >= 15 is 0 Å². The number of ether oxygens (including phenoxy) is 1. The van der Waals surface area contributed by atoms with Crippen LogP contribution in [0.4, 0.5) is 5.00 Å². The summed E-state index contributed by atoms with van der Waals surface area (Å²) in [6.07, 6.45) is -0.220. The Morgan fingerprint density at radius 3 is 2.62 bits per heavy atom. The Hall–Kier alpha value is -2.74. The molecule has 0 aliphatic carbocycles. The first-order valence-electron chi connectivity index (χ1n) is 7.40. The maximum absolute atomic E-state index is 12.0. The molecule has 0 unspecified atom stereocenters. The molecule has 136 valence electrons. The Kier molecular flexibility index (Phi) is 6.85. The predicted octanol–water partition coefficient (Wildman–Crippen LogP) is 1.47. The Bertz CT molecular complexity index is 917. The number of thiophene rings is 1. The molecule has 0 atom stereocenters. The lowest BCUT2D eigenvalue weighted by atomic mass is 10.3. The molecule has 0 saturated heterocycles. The van der Waals surface area contributed by atoms with Gasteiger partial charge in [0.2, 0.25) is 10.0 Å². The van der Waals surface area contributed by atoms with E-state index < -0.39 is 28.5 Å². The molecule has 1 heterocycles. The average molecular weight is 393 g/mol. The second-order valence-electron chi connectivity index (χ2n) is 4.94. The molecular formula is C16H15N3O5S2. The van der Waals surface area contributed by atoms with E-state index in [-0.39, 0.29) is 17.9 Å². The summed E-state index contributed by atoms with van der Waals surface area (Å²) in [5.74, 6) is -1.30. The number of rotatable bonds is 8. The van der Waals surface area contributed by atoms with Crippen molar-refractivity contribution < 1.29 is 22.7 Å². The third-order valence-electron chi connectivity index (χ3n) is 3.08. The maximum Gasteiger partial charge on any atom is 0.307 e. The zero-order valence-electron chi connectivity index (χ0n) is 13.5. The molecule has 0 fully saturated rings. The Labute approximate surface area is 154 Å². The van der Waals surface area contributed by atoms with Gasteiger partial charge in [0.05, 0.1) is 16.9 Å². The van der Waals surface area contributed by atoms with E-state index in [4.69, 9.17) is 10.00 Å². The molecule has 2 aromatic rings. The zero-order valence-corrected chi connectivity index (χ0v) is 15.1. The van der Waals surface area contributed by atoms with Crippen LogP contribution in [0, 0.1) is 11.3 Å². The number of nitriles is 1. The number of carbonyl (C=O) groups excluding carboxylic acids is 2. The van der Waals surface area contributed by atoms with E-state index in [0.717, 1.165) is 0 Å². The van der Waals surface area contributed by atoms with Gasteiger partial charge in [-0.15, -0.1) is 11.3 Å². The van der Waals surface area contributed by atoms with Crippen LogP contribution in [-0.2, 0) is 24.3 Å². The fourth-order valence-electron chi connectivity index (χ4n) is 1.85. The Morgan fingerprint density at radius 1 is 1.19 bits per heavy atom. The van der Waals surface area contributed by atoms with Gasteiger partial charge in [-0.05, 0) is 23.6 Å². The number of anilines is 1. The van der Waals surface area contributed by atoms with Gasteiger partial charge < -0.3 is 10.1 Å². The van der Waals surface area contributed by atoms with Crippen LogP contribution in [0.3, 0.4) is 0 Å². The van der Waals surface area contributed by atoms with Crippen LogP contribution in [0.15, 0.2) is 46.7 Å². The number of hydrogen-bond donors (Lipinski definition) is 2. The molecule has 10 heteroatoms. The summed E-state index contributed by atoms with van der Waals surface area (Å²) in [6.45, 7) is -0.672. The number of nitrogens with one attached hydrogen (secondary N) is 2. The van der Waals surface area contributed by atoms with Crippen molar-refractivity contribution in [2.24, 2.45) is 0 Å². The molecule has 0 bridgehead atoms. The van der Waals surface area contributed by atoms with Gasteiger partial charge in [-0.2, -0.15) is 5.26 Å². The van der Waals surface area contributed by atoms with Crippen LogP contribution in [0.1, 0.15) is 12.0 Å². The van der Waals surface area contributed by atoms with Crippen molar-refractivity contribution in [3.63, 3.8) is 0 Å². The van der Waals surface area contributed by atoms with Crippen molar-refractivity contribution in [2.45, 2.75) is 11.3 Å². The number of esters is 1. The molecule has 0 radical (unpaired) electrons. The van der Waals surface area contributed by atoms with Crippen molar-refractivity contribution in [1.82, 2.24) is 4.72 Å². The predicted molar refractivity (Wildman–Crippen MR) is 94.9 cm³/mol. The summed E-state index contributed by atoms with van der Waals surface area (Å²) in [6, 6.07) is 11.2. The number of sulfonamides is 1. The van der Waals surface area contributed by atoms with Gasteiger partial charge >= 0.3 is 5.97 Å².